The number of rotatable bonds is 8. The van der Waals surface area contributed by atoms with Gasteiger partial charge < -0.3 is 0 Å². The summed E-state index contributed by atoms with van der Waals surface area (Å²) < 4.78 is 28.2. The summed E-state index contributed by atoms with van der Waals surface area (Å²) in [5.74, 6) is 0.368. The van der Waals surface area contributed by atoms with E-state index in [1.807, 2.05) is 0 Å². The molecule has 0 bridgehead atoms. The van der Waals surface area contributed by atoms with Gasteiger partial charge in [0.2, 0.25) is 0 Å². The minimum atomic E-state index is -0.670. The van der Waals surface area contributed by atoms with Crippen LogP contribution in [0.4, 0.5) is 8.78 Å². The smallest absolute Gasteiger partial charge is 0.162 e. The summed E-state index contributed by atoms with van der Waals surface area (Å²) in [6, 6.07) is 3.51. The van der Waals surface area contributed by atoms with E-state index in [0.29, 0.717) is 17.0 Å². The van der Waals surface area contributed by atoms with E-state index in [9.17, 15) is 8.78 Å². The summed E-state index contributed by atoms with van der Waals surface area (Å²) in [5.41, 5.74) is 0.973. The van der Waals surface area contributed by atoms with Gasteiger partial charge in [-0.25, -0.2) is 8.78 Å². The van der Waals surface area contributed by atoms with Crippen LogP contribution in [-0.2, 0) is 0 Å². The van der Waals surface area contributed by atoms with Crippen LogP contribution in [0.2, 0.25) is 0 Å². The van der Waals surface area contributed by atoms with Crippen LogP contribution in [0.3, 0.4) is 0 Å². The van der Waals surface area contributed by atoms with Crippen LogP contribution in [-0.4, -0.2) is 0 Å². The molecule has 2 heteroatoms. The minimum Gasteiger partial charge on any atom is -0.203 e. The van der Waals surface area contributed by atoms with E-state index in [1.165, 1.54) is 32.1 Å². The Bertz CT molecular complexity index is 527. The molecule has 0 spiro atoms. The first-order chi connectivity index (χ1) is 11.6. The molecule has 134 valence electrons. The van der Waals surface area contributed by atoms with Crippen molar-refractivity contribution in [3.05, 3.63) is 47.5 Å². The molecule has 1 unspecified atom stereocenters. The van der Waals surface area contributed by atoms with Crippen molar-refractivity contribution < 1.29 is 8.78 Å². The van der Waals surface area contributed by atoms with Crippen LogP contribution >= 0.6 is 0 Å². The molecular weight excluding hydrogens is 302 g/mol. The largest absolute Gasteiger partial charge is 0.203 e. The molecule has 1 aromatic carbocycles. The second-order valence-electron chi connectivity index (χ2n) is 7.53. The van der Waals surface area contributed by atoms with Crippen molar-refractivity contribution >= 4 is 0 Å². The average molecular weight is 334 g/mol. The third-order valence-corrected chi connectivity index (χ3v) is 5.77. The van der Waals surface area contributed by atoms with Crippen LogP contribution in [0.1, 0.15) is 81.8 Å². The van der Waals surface area contributed by atoms with Gasteiger partial charge in [-0.2, -0.15) is 0 Å². The number of benzene rings is 1. The van der Waals surface area contributed by atoms with Gasteiger partial charge in [-0.3, -0.25) is 0 Å². The van der Waals surface area contributed by atoms with Crippen molar-refractivity contribution in [3.63, 3.8) is 0 Å². The van der Waals surface area contributed by atoms with Gasteiger partial charge in [0.15, 0.2) is 11.6 Å². The van der Waals surface area contributed by atoms with Crippen LogP contribution < -0.4 is 0 Å². The first kappa shape index (κ1) is 19.1. The number of hydrogen-bond donors (Lipinski definition) is 0. The lowest BCUT2D eigenvalue weighted by molar-refractivity contribution is 0.286. The Kier molecular flexibility index (Phi) is 7.45. The maximum absolute atomic E-state index is 14.3. The Hall–Kier alpha value is -1.18. The van der Waals surface area contributed by atoms with Gasteiger partial charge in [0.1, 0.15) is 0 Å². The molecule has 0 aliphatic heterocycles. The first-order valence-electron chi connectivity index (χ1n) is 9.63. The van der Waals surface area contributed by atoms with Gasteiger partial charge in [-0.1, -0.05) is 44.4 Å². The molecule has 0 aromatic heterocycles. The van der Waals surface area contributed by atoms with Crippen molar-refractivity contribution in [2.24, 2.45) is 11.8 Å². The fourth-order valence-corrected chi connectivity index (χ4v) is 4.15. The van der Waals surface area contributed by atoms with Gasteiger partial charge in [0, 0.05) is 0 Å². The molecule has 1 fully saturated rings. The zero-order valence-electron chi connectivity index (χ0n) is 15.3. The van der Waals surface area contributed by atoms with E-state index in [0.717, 1.165) is 31.6 Å². The quantitative estimate of drug-likeness (QED) is 0.437. The molecule has 0 amide bonds. The van der Waals surface area contributed by atoms with Gasteiger partial charge in [-0.15, -0.1) is 6.58 Å². The standard InChI is InChI=1S/C22H32F2/c1-4-7-19(20-15-10-16(3)21(23)22(20)24)9-6-8-18-13-11-17(5-2)12-14-18/h5,10,15,17-19H,2,4,6-9,11-14H2,1,3H3. The second kappa shape index (κ2) is 9.34. The highest BCUT2D eigenvalue weighted by molar-refractivity contribution is 5.28. The Balaban J connectivity index is 1.90. The molecule has 1 saturated carbocycles. The predicted octanol–water partition coefficient (Wildman–Crippen LogP) is 7.32. The number of hydrogen-bond acceptors (Lipinski definition) is 0. The first-order valence-corrected chi connectivity index (χ1v) is 9.63. The highest BCUT2D eigenvalue weighted by Gasteiger charge is 2.21. The zero-order chi connectivity index (χ0) is 17.5. The average Bonchev–Trinajstić information content (AvgIpc) is 2.60. The van der Waals surface area contributed by atoms with E-state index in [2.05, 4.69) is 19.6 Å². The molecule has 1 atom stereocenters. The van der Waals surface area contributed by atoms with Gasteiger partial charge in [0.05, 0.1) is 0 Å². The van der Waals surface area contributed by atoms with Crippen molar-refractivity contribution in [3.8, 4) is 0 Å². The Morgan fingerprint density at radius 1 is 1.12 bits per heavy atom. The molecule has 0 radical (unpaired) electrons. The monoisotopic (exact) mass is 334 g/mol. The van der Waals surface area contributed by atoms with E-state index in [4.69, 9.17) is 0 Å². The molecule has 1 aliphatic carbocycles. The number of aryl methyl sites for hydroxylation is 1. The SMILES string of the molecule is C=CC1CCC(CCCC(CCC)c2ccc(C)c(F)c2F)CC1. The van der Waals surface area contributed by atoms with E-state index in [-0.39, 0.29) is 5.92 Å². The third kappa shape index (κ3) is 4.91. The van der Waals surface area contributed by atoms with Crippen molar-refractivity contribution in [1.29, 1.82) is 0 Å². The maximum Gasteiger partial charge on any atom is 0.162 e. The van der Waals surface area contributed by atoms with E-state index >= 15 is 0 Å². The fraction of sp³-hybridized carbons (Fsp3) is 0.636. The highest BCUT2D eigenvalue weighted by atomic mass is 19.2. The van der Waals surface area contributed by atoms with E-state index < -0.39 is 11.6 Å². The molecule has 0 N–H and O–H groups in total. The topological polar surface area (TPSA) is 0 Å². The number of allylic oxidation sites excluding steroid dienone is 1. The molecular formula is C22H32F2. The Morgan fingerprint density at radius 3 is 2.46 bits per heavy atom. The highest BCUT2D eigenvalue weighted by Crippen LogP contribution is 2.35. The van der Waals surface area contributed by atoms with Crippen molar-refractivity contribution in [2.45, 2.75) is 77.6 Å². The van der Waals surface area contributed by atoms with Gasteiger partial charge >= 0.3 is 0 Å². The number of halogens is 2. The summed E-state index contributed by atoms with van der Waals surface area (Å²) in [4.78, 5) is 0. The van der Waals surface area contributed by atoms with Gasteiger partial charge in [0.25, 0.3) is 0 Å². The summed E-state index contributed by atoms with van der Waals surface area (Å²) in [7, 11) is 0. The summed E-state index contributed by atoms with van der Waals surface area (Å²) in [6.45, 7) is 7.64. The Morgan fingerprint density at radius 2 is 1.83 bits per heavy atom. The lowest BCUT2D eigenvalue weighted by atomic mass is 9.79. The zero-order valence-corrected chi connectivity index (χ0v) is 15.3. The molecule has 0 saturated heterocycles. The van der Waals surface area contributed by atoms with Crippen molar-refractivity contribution in [1.82, 2.24) is 0 Å². The summed E-state index contributed by atoms with van der Waals surface area (Å²) in [5, 5.41) is 0. The third-order valence-electron chi connectivity index (χ3n) is 5.77. The molecule has 24 heavy (non-hydrogen) atoms. The molecule has 0 nitrogen and oxygen atoms in total. The lowest BCUT2D eigenvalue weighted by Gasteiger charge is -2.27. The molecule has 1 aliphatic rings. The molecule has 0 heterocycles. The van der Waals surface area contributed by atoms with Crippen LogP contribution in [0.5, 0.6) is 0 Å². The van der Waals surface area contributed by atoms with Crippen LogP contribution in [0, 0.1) is 30.4 Å². The van der Waals surface area contributed by atoms with Gasteiger partial charge in [-0.05, 0) is 74.3 Å². The van der Waals surface area contributed by atoms with E-state index in [1.54, 1.807) is 19.1 Å². The van der Waals surface area contributed by atoms with Crippen molar-refractivity contribution in [2.75, 3.05) is 0 Å². The molecule has 2 rings (SSSR count). The maximum atomic E-state index is 14.3. The summed E-state index contributed by atoms with van der Waals surface area (Å²) in [6.07, 6.45) is 12.5. The lowest BCUT2D eigenvalue weighted by Crippen LogP contribution is -2.13. The fourth-order valence-electron chi connectivity index (χ4n) is 4.15. The second-order valence-corrected chi connectivity index (χ2v) is 7.53. The summed E-state index contributed by atoms with van der Waals surface area (Å²) >= 11 is 0. The van der Waals surface area contributed by atoms with Crippen LogP contribution in [0.15, 0.2) is 24.8 Å². The predicted molar refractivity (Wildman–Crippen MR) is 98.2 cm³/mol. The minimum absolute atomic E-state index is 0.148. The molecule has 1 aromatic rings. The Labute approximate surface area is 146 Å². The van der Waals surface area contributed by atoms with Crippen LogP contribution in [0.25, 0.3) is 0 Å². The normalized spacial score (nSPS) is 22.3.